The van der Waals surface area contributed by atoms with Crippen LogP contribution in [0.3, 0.4) is 0 Å². The topological polar surface area (TPSA) is 90.9 Å². The Morgan fingerprint density at radius 2 is 2.05 bits per heavy atom. The van der Waals surface area contributed by atoms with Crippen LogP contribution in [0.25, 0.3) is 0 Å². The summed E-state index contributed by atoms with van der Waals surface area (Å²) < 4.78 is 1.16. The average molecular weight is 260 g/mol. The molecule has 0 saturated heterocycles. The smallest absolute Gasteiger partial charge is 0.390 e. The second-order valence-electron chi connectivity index (χ2n) is 3.97. The minimum absolute atomic E-state index is 0.0632. The van der Waals surface area contributed by atoms with Crippen LogP contribution in [-0.2, 0) is 13.0 Å². The van der Waals surface area contributed by atoms with Gasteiger partial charge in [0.05, 0.1) is 0 Å². The SMILES string of the molecule is CCc1ccc(C(=O)Cn2cnc([N+](=O)[O-])n2)cc1. The third-order valence-electron chi connectivity index (χ3n) is 2.68. The Morgan fingerprint density at radius 1 is 1.37 bits per heavy atom. The third kappa shape index (κ3) is 3.01. The summed E-state index contributed by atoms with van der Waals surface area (Å²) in [6.07, 6.45) is 2.08. The summed E-state index contributed by atoms with van der Waals surface area (Å²) in [4.78, 5) is 25.2. The van der Waals surface area contributed by atoms with E-state index in [0.717, 1.165) is 16.7 Å². The van der Waals surface area contributed by atoms with E-state index in [9.17, 15) is 14.9 Å². The lowest BCUT2D eigenvalue weighted by Crippen LogP contribution is -2.11. The lowest BCUT2D eigenvalue weighted by Gasteiger charge is -2.00. The Labute approximate surface area is 109 Å². The number of nitrogens with zero attached hydrogens (tertiary/aromatic N) is 4. The molecule has 98 valence electrons. The molecule has 0 amide bonds. The highest BCUT2D eigenvalue weighted by atomic mass is 16.6. The Morgan fingerprint density at radius 3 is 2.58 bits per heavy atom. The maximum Gasteiger partial charge on any atom is 0.490 e. The van der Waals surface area contributed by atoms with Crippen LogP contribution in [0.15, 0.2) is 30.6 Å². The van der Waals surface area contributed by atoms with E-state index in [-0.39, 0.29) is 12.3 Å². The van der Waals surface area contributed by atoms with E-state index < -0.39 is 10.9 Å². The van der Waals surface area contributed by atoms with Crippen LogP contribution < -0.4 is 0 Å². The predicted octanol–water partition coefficient (Wildman–Crippen LogP) is 1.63. The molecule has 2 rings (SSSR count). The van der Waals surface area contributed by atoms with Gasteiger partial charge in [0, 0.05) is 10.7 Å². The van der Waals surface area contributed by atoms with Gasteiger partial charge < -0.3 is 10.1 Å². The maximum atomic E-state index is 11.9. The highest BCUT2D eigenvalue weighted by Crippen LogP contribution is 2.07. The molecular weight excluding hydrogens is 248 g/mol. The molecule has 0 unspecified atom stereocenters. The number of aromatic nitrogens is 3. The Hall–Kier alpha value is -2.57. The van der Waals surface area contributed by atoms with Gasteiger partial charge in [-0.2, -0.15) is 4.68 Å². The van der Waals surface area contributed by atoms with E-state index in [1.165, 1.54) is 6.33 Å². The Bertz CT molecular complexity index is 604. The van der Waals surface area contributed by atoms with Crippen LogP contribution >= 0.6 is 0 Å². The number of benzene rings is 1. The standard InChI is InChI=1S/C12H12N4O3/c1-2-9-3-5-10(6-4-9)11(17)7-15-8-13-12(14-15)16(18)19/h3-6,8H,2,7H2,1H3. The number of carbonyl (C=O) groups excluding carboxylic acids is 1. The minimum Gasteiger partial charge on any atom is -0.390 e. The van der Waals surface area contributed by atoms with Gasteiger partial charge in [-0.25, -0.2) is 0 Å². The van der Waals surface area contributed by atoms with Gasteiger partial charge >= 0.3 is 5.95 Å². The number of nitro groups is 1. The molecular formula is C12H12N4O3. The predicted molar refractivity (Wildman–Crippen MR) is 66.8 cm³/mol. The summed E-state index contributed by atoms with van der Waals surface area (Å²) in [5.74, 6) is -0.670. The normalized spacial score (nSPS) is 10.4. The summed E-state index contributed by atoms with van der Waals surface area (Å²) in [5, 5.41) is 14.0. The summed E-state index contributed by atoms with van der Waals surface area (Å²) >= 11 is 0. The third-order valence-corrected chi connectivity index (χ3v) is 2.68. The number of rotatable bonds is 5. The first-order valence-corrected chi connectivity index (χ1v) is 5.76. The molecule has 7 nitrogen and oxygen atoms in total. The molecule has 0 aliphatic rings. The fraction of sp³-hybridized carbons (Fsp3) is 0.250. The van der Waals surface area contributed by atoms with E-state index in [1.54, 1.807) is 12.1 Å². The van der Waals surface area contributed by atoms with Crippen LogP contribution in [-0.4, -0.2) is 25.5 Å². The van der Waals surface area contributed by atoms with Gasteiger partial charge in [0.15, 0.2) is 5.78 Å². The Balaban J connectivity index is 2.08. The Kier molecular flexibility index (Phi) is 3.65. The molecule has 0 saturated carbocycles. The van der Waals surface area contributed by atoms with Gasteiger partial charge in [0.2, 0.25) is 6.33 Å². The number of ketones is 1. The summed E-state index contributed by atoms with van der Waals surface area (Å²) in [7, 11) is 0. The average Bonchev–Trinajstić information content (AvgIpc) is 2.87. The second-order valence-corrected chi connectivity index (χ2v) is 3.97. The highest BCUT2D eigenvalue weighted by molar-refractivity contribution is 5.95. The quantitative estimate of drug-likeness (QED) is 0.463. The van der Waals surface area contributed by atoms with Gasteiger partial charge in [-0.1, -0.05) is 36.2 Å². The van der Waals surface area contributed by atoms with Gasteiger partial charge in [-0.15, -0.1) is 0 Å². The minimum atomic E-state index is -0.697. The number of aryl methyl sites for hydroxylation is 1. The lowest BCUT2D eigenvalue weighted by molar-refractivity contribution is -0.394. The van der Waals surface area contributed by atoms with Crippen molar-refractivity contribution in [1.29, 1.82) is 0 Å². The zero-order chi connectivity index (χ0) is 13.8. The molecule has 0 N–H and O–H groups in total. The number of hydrogen-bond donors (Lipinski definition) is 0. The molecule has 1 aromatic carbocycles. The highest BCUT2D eigenvalue weighted by Gasteiger charge is 2.15. The molecule has 0 aliphatic heterocycles. The van der Waals surface area contributed by atoms with Crippen molar-refractivity contribution >= 4 is 11.7 Å². The van der Waals surface area contributed by atoms with E-state index in [4.69, 9.17) is 0 Å². The van der Waals surface area contributed by atoms with E-state index in [1.807, 2.05) is 19.1 Å². The molecule has 0 radical (unpaired) electrons. The number of Topliss-reactive ketones (excluding diaryl/α,β-unsaturated/α-hetero) is 1. The monoisotopic (exact) mass is 260 g/mol. The van der Waals surface area contributed by atoms with Gasteiger partial charge in [0.25, 0.3) is 0 Å². The van der Waals surface area contributed by atoms with E-state index in [0.29, 0.717) is 5.56 Å². The van der Waals surface area contributed by atoms with Crippen molar-refractivity contribution in [2.24, 2.45) is 0 Å². The van der Waals surface area contributed by atoms with Crippen LogP contribution in [0.5, 0.6) is 0 Å². The van der Waals surface area contributed by atoms with Crippen molar-refractivity contribution in [2.75, 3.05) is 0 Å². The summed E-state index contributed by atoms with van der Waals surface area (Å²) in [6.45, 7) is 1.97. The zero-order valence-corrected chi connectivity index (χ0v) is 10.3. The lowest BCUT2D eigenvalue weighted by atomic mass is 10.1. The molecule has 0 aliphatic carbocycles. The molecule has 1 aromatic heterocycles. The van der Waals surface area contributed by atoms with Crippen LogP contribution in [0, 0.1) is 10.1 Å². The molecule has 7 heteroatoms. The zero-order valence-electron chi connectivity index (χ0n) is 10.3. The van der Waals surface area contributed by atoms with Gasteiger partial charge in [-0.05, 0) is 16.9 Å². The van der Waals surface area contributed by atoms with Crippen molar-refractivity contribution in [3.63, 3.8) is 0 Å². The number of hydrogen-bond acceptors (Lipinski definition) is 5. The van der Waals surface area contributed by atoms with Crippen LogP contribution in [0.4, 0.5) is 5.95 Å². The van der Waals surface area contributed by atoms with Crippen molar-refractivity contribution in [3.8, 4) is 0 Å². The molecule has 0 fully saturated rings. The molecule has 0 bridgehead atoms. The van der Waals surface area contributed by atoms with Gasteiger partial charge in [0.1, 0.15) is 6.54 Å². The first-order valence-electron chi connectivity index (χ1n) is 5.76. The van der Waals surface area contributed by atoms with Crippen molar-refractivity contribution < 1.29 is 9.72 Å². The first-order chi connectivity index (χ1) is 9.10. The largest absolute Gasteiger partial charge is 0.490 e. The molecule has 2 aromatic rings. The molecule has 0 atom stereocenters. The number of carbonyl (C=O) groups is 1. The fourth-order valence-corrected chi connectivity index (χ4v) is 1.61. The molecule has 1 heterocycles. The van der Waals surface area contributed by atoms with Crippen molar-refractivity contribution in [2.45, 2.75) is 19.9 Å². The second kappa shape index (κ2) is 5.38. The van der Waals surface area contributed by atoms with Crippen LogP contribution in [0.1, 0.15) is 22.8 Å². The van der Waals surface area contributed by atoms with E-state index >= 15 is 0 Å². The van der Waals surface area contributed by atoms with Crippen LogP contribution in [0.2, 0.25) is 0 Å². The molecule has 0 spiro atoms. The van der Waals surface area contributed by atoms with Gasteiger partial charge in [-0.3, -0.25) is 4.79 Å². The maximum absolute atomic E-state index is 11.9. The first kappa shape index (κ1) is 12.9. The van der Waals surface area contributed by atoms with E-state index in [2.05, 4.69) is 10.1 Å². The van der Waals surface area contributed by atoms with Crippen molar-refractivity contribution in [1.82, 2.24) is 14.8 Å². The fourth-order valence-electron chi connectivity index (χ4n) is 1.61. The molecule has 19 heavy (non-hydrogen) atoms. The summed E-state index contributed by atoms with van der Waals surface area (Å²) in [6, 6.07) is 7.26. The van der Waals surface area contributed by atoms with Crippen molar-refractivity contribution in [3.05, 3.63) is 51.8 Å². The summed E-state index contributed by atoms with van der Waals surface area (Å²) in [5.41, 5.74) is 1.70.